The van der Waals surface area contributed by atoms with Gasteiger partial charge in [0.15, 0.2) is 0 Å². The summed E-state index contributed by atoms with van der Waals surface area (Å²) in [6.07, 6.45) is 2.98. The van der Waals surface area contributed by atoms with E-state index in [2.05, 4.69) is 28.2 Å². The third kappa shape index (κ3) is 2.35. The number of fused-ring (bicyclic) bond motifs is 1. The zero-order valence-corrected chi connectivity index (χ0v) is 13.0. The zero-order chi connectivity index (χ0) is 14.1. The number of halogens is 2. The van der Waals surface area contributed by atoms with Gasteiger partial charge in [-0.1, -0.05) is 25.5 Å². The summed E-state index contributed by atoms with van der Waals surface area (Å²) in [5.41, 5.74) is 2.19. The van der Waals surface area contributed by atoms with Crippen LogP contribution in [-0.4, -0.2) is 16.3 Å². The summed E-state index contributed by atoms with van der Waals surface area (Å²) in [6, 6.07) is 6.91. The molecule has 0 spiro atoms. The van der Waals surface area contributed by atoms with Gasteiger partial charge in [0.25, 0.3) is 0 Å². The summed E-state index contributed by atoms with van der Waals surface area (Å²) in [6.45, 7) is 3.05. The number of nitrogens with one attached hydrogen (secondary N) is 1. The van der Waals surface area contributed by atoms with Crippen molar-refractivity contribution in [3.05, 3.63) is 45.8 Å². The second-order valence-corrected chi connectivity index (χ2v) is 5.88. The van der Waals surface area contributed by atoms with Gasteiger partial charge in [-0.05, 0) is 46.5 Å². The molecule has 1 unspecified atom stereocenters. The molecule has 106 valence electrons. The van der Waals surface area contributed by atoms with Gasteiger partial charge in [0.2, 0.25) is 0 Å². The van der Waals surface area contributed by atoms with Crippen LogP contribution in [0.25, 0.3) is 0 Å². The second kappa shape index (κ2) is 5.56. The van der Waals surface area contributed by atoms with Crippen LogP contribution in [0.5, 0.6) is 0 Å². The van der Waals surface area contributed by atoms with Crippen LogP contribution in [0.15, 0.2) is 28.7 Å². The number of anilines is 1. The van der Waals surface area contributed by atoms with Crippen LogP contribution in [0.1, 0.15) is 37.1 Å². The highest BCUT2D eigenvalue weighted by Gasteiger charge is 2.26. The van der Waals surface area contributed by atoms with Crippen LogP contribution >= 0.6 is 15.9 Å². The smallest absolute Gasteiger partial charge is 0.139 e. The molecular formula is C15H17BrFN3. The normalized spacial score (nSPS) is 17.6. The maximum absolute atomic E-state index is 13.1. The monoisotopic (exact) mass is 337 g/mol. The molecule has 1 N–H and O–H groups in total. The molecule has 2 heterocycles. The van der Waals surface area contributed by atoms with Crippen molar-refractivity contribution in [2.24, 2.45) is 0 Å². The van der Waals surface area contributed by atoms with Crippen molar-refractivity contribution in [1.29, 1.82) is 0 Å². The van der Waals surface area contributed by atoms with Gasteiger partial charge in [-0.15, -0.1) is 0 Å². The molecule has 3 rings (SSSR count). The topological polar surface area (TPSA) is 29.9 Å². The first-order valence-electron chi connectivity index (χ1n) is 6.97. The summed E-state index contributed by atoms with van der Waals surface area (Å²) in [7, 11) is 0. The van der Waals surface area contributed by atoms with Gasteiger partial charge in [0.05, 0.1) is 16.2 Å². The number of aryl methyl sites for hydroxylation is 1. The van der Waals surface area contributed by atoms with Crippen molar-refractivity contribution in [3.8, 4) is 0 Å². The number of nitrogens with zero attached hydrogens (tertiary/aromatic N) is 2. The molecule has 0 radical (unpaired) electrons. The SMILES string of the molecule is CCCc1nn2c(c1Br)NCCC2c1ccc(F)cc1. The van der Waals surface area contributed by atoms with E-state index in [-0.39, 0.29) is 11.9 Å². The van der Waals surface area contributed by atoms with Crippen molar-refractivity contribution < 1.29 is 4.39 Å². The minimum absolute atomic E-state index is 0.175. The van der Waals surface area contributed by atoms with Crippen molar-refractivity contribution in [1.82, 2.24) is 9.78 Å². The van der Waals surface area contributed by atoms with E-state index in [1.54, 1.807) is 0 Å². The summed E-state index contributed by atoms with van der Waals surface area (Å²) in [5, 5.41) is 8.13. The molecule has 3 nitrogen and oxygen atoms in total. The minimum atomic E-state index is -0.198. The Hall–Kier alpha value is -1.36. The highest BCUT2D eigenvalue weighted by atomic mass is 79.9. The Kier molecular flexibility index (Phi) is 3.78. The molecular weight excluding hydrogens is 321 g/mol. The van der Waals surface area contributed by atoms with Gasteiger partial charge in [-0.2, -0.15) is 5.10 Å². The van der Waals surface area contributed by atoms with E-state index in [9.17, 15) is 4.39 Å². The molecule has 0 amide bonds. The molecule has 1 aliphatic heterocycles. The van der Waals surface area contributed by atoms with Crippen LogP contribution < -0.4 is 5.32 Å². The fourth-order valence-electron chi connectivity index (χ4n) is 2.68. The largest absolute Gasteiger partial charge is 0.369 e. The lowest BCUT2D eigenvalue weighted by molar-refractivity contribution is 0.476. The minimum Gasteiger partial charge on any atom is -0.369 e. The van der Waals surface area contributed by atoms with Crippen LogP contribution in [0.2, 0.25) is 0 Å². The van der Waals surface area contributed by atoms with E-state index < -0.39 is 0 Å². The van der Waals surface area contributed by atoms with Crippen LogP contribution in [-0.2, 0) is 6.42 Å². The van der Waals surface area contributed by atoms with Crippen molar-refractivity contribution >= 4 is 21.7 Å². The van der Waals surface area contributed by atoms with E-state index in [1.165, 1.54) is 12.1 Å². The first kappa shape index (κ1) is 13.6. The molecule has 2 aromatic rings. The Morgan fingerprint density at radius 3 is 2.85 bits per heavy atom. The van der Waals surface area contributed by atoms with E-state index in [4.69, 9.17) is 5.10 Å². The fourth-order valence-corrected chi connectivity index (χ4v) is 3.28. The van der Waals surface area contributed by atoms with E-state index >= 15 is 0 Å². The lowest BCUT2D eigenvalue weighted by atomic mass is 10.0. The summed E-state index contributed by atoms with van der Waals surface area (Å²) < 4.78 is 16.2. The second-order valence-electron chi connectivity index (χ2n) is 5.09. The Balaban J connectivity index is 2.01. The van der Waals surface area contributed by atoms with Crippen LogP contribution in [0.4, 0.5) is 10.2 Å². The average Bonchev–Trinajstić information content (AvgIpc) is 2.77. The quantitative estimate of drug-likeness (QED) is 0.911. The van der Waals surface area contributed by atoms with Crippen molar-refractivity contribution in [3.63, 3.8) is 0 Å². The molecule has 0 bridgehead atoms. The molecule has 0 aliphatic carbocycles. The van der Waals surface area contributed by atoms with E-state index in [0.29, 0.717) is 0 Å². The first-order valence-corrected chi connectivity index (χ1v) is 7.76. The standard InChI is InChI=1S/C15H17BrFN3/c1-2-3-12-14(16)15-18-9-8-13(20(15)19-12)10-4-6-11(17)7-5-10/h4-7,13,18H,2-3,8-9H2,1H3. The van der Waals surface area contributed by atoms with Crippen molar-refractivity contribution in [2.75, 3.05) is 11.9 Å². The number of aromatic nitrogens is 2. The summed E-state index contributed by atoms with van der Waals surface area (Å²) in [4.78, 5) is 0. The molecule has 1 aromatic heterocycles. The Morgan fingerprint density at radius 2 is 2.15 bits per heavy atom. The number of hydrogen-bond donors (Lipinski definition) is 1. The lowest BCUT2D eigenvalue weighted by Gasteiger charge is -2.26. The molecule has 0 saturated heterocycles. The Morgan fingerprint density at radius 1 is 1.40 bits per heavy atom. The van der Waals surface area contributed by atoms with Crippen LogP contribution in [0, 0.1) is 5.82 Å². The van der Waals surface area contributed by atoms with Gasteiger partial charge < -0.3 is 5.32 Å². The van der Waals surface area contributed by atoms with Gasteiger partial charge in [-0.3, -0.25) is 0 Å². The van der Waals surface area contributed by atoms with Gasteiger partial charge in [0, 0.05) is 6.54 Å². The van der Waals surface area contributed by atoms with Gasteiger partial charge in [-0.25, -0.2) is 9.07 Å². The first-order chi connectivity index (χ1) is 9.70. The van der Waals surface area contributed by atoms with Gasteiger partial charge >= 0.3 is 0 Å². The molecule has 0 fully saturated rings. The van der Waals surface area contributed by atoms with Crippen LogP contribution in [0.3, 0.4) is 0 Å². The predicted molar refractivity (Wildman–Crippen MR) is 81.6 cm³/mol. The third-order valence-electron chi connectivity index (χ3n) is 3.67. The molecule has 1 aromatic carbocycles. The zero-order valence-electron chi connectivity index (χ0n) is 11.4. The number of benzene rings is 1. The third-order valence-corrected chi connectivity index (χ3v) is 4.50. The highest BCUT2D eigenvalue weighted by Crippen LogP contribution is 2.36. The number of rotatable bonds is 3. The highest BCUT2D eigenvalue weighted by molar-refractivity contribution is 9.10. The molecule has 0 saturated carbocycles. The predicted octanol–water partition coefficient (Wildman–Crippen LogP) is 4.14. The maximum Gasteiger partial charge on any atom is 0.139 e. The molecule has 5 heteroatoms. The Labute approximate surface area is 126 Å². The maximum atomic E-state index is 13.1. The summed E-state index contributed by atoms with van der Waals surface area (Å²) >= 11 is 3.64. The molecule has 1 aliphatic rings. The molecule has 1 atom stereocenters. The fraction of sp³-hybridized carbons (Fsp3) is 0.400. The summed E-state index contributed by atoms with van der Waals surface area (Å²) in [5.74, 6) is 0.838. The van der Waals surface area contributed by atoms with Crippen molar-refractivity contribution in [2.45, 2.75) is 32.2 Å². The van der Waals surface area contributed by atoms with E-state index in [0.717, 1.165) is 47.4 Å². The molecule has 20 heavy (non-hydrogen) atoms. The Bertz CT molecular complexity index is 606. The van der Waals surface area contributed by atoms with E-state index in [1.807, 2.05) is 16.8 Å². The number of hydrogen-bond acceptors (Lipinski definition) is 2. The van der Waals surface area contributed by atoms with Gasteiger partial charge in [0.1, 0.15) is 11.6 Å². The average molecular weight is 338 g/mol. The lowest BCUT2D eigenvalue weighted by Crippen LogP contribution is -2.24.